The van der Waals surface area contributed by atoms with Crippen LogP contribution in [0.3, 0.4) is 0 Å². The average molecular weight is 237 g/mol. The summed E-state index contributed by atoms with van der Waals surface area (Å²) in [4.78, 5) is 15.3. The number of carboxylic acids is 1. The van der Waals surface area contributed by atoms with Crippen LogP contribution in [-0.2, 0) is 0 Å². The number of carboxylic acid groups (broad SMARTS) is 1. The third kappa shape index (κ3) is 3.44. The van der Waals surface area contributed by atoms with Crippen LogP contribution in [0.5, 0.6) is 5.88 Å². The third-order valence-electron chi connectivity index (χ3n) is 2.53. The van der Waals surface area contributed by atoms with Crippen molar-refractivity contribution in [2.24, 2.45) is 0 Å². The van der Waals surface area contributed by atoms with Gasteiger partial charge in [-0.3, -0.25) is 0 Å². The fourth-order valence-corrected chi connectivity index (χ4v) is 1.80. The first-order valence-corrected chi connectivity index (χ1v) is 5.83. The molecule has 4 heteroatoms. The minimum absolute atomic E-state index is 0.0215. The van der Waals surface area contributed by atoms with Crippen molar-refractivity contribution in [2.75, 3.05) is 0 Å². The number of carbonyl (C=O) groups is 1. The molecule has 0 aliphatic carbocycles. The molecule has 0 fully saturated rings. The molecule has 0 spiro atoms. The molecular weight excluding hydrogens is 218 g/mol. The fraction of sp³-hybridized carbons (Fsp3) is 0.538. The summed E-state index contributed by atoms with van der Waals surface area (Å²) in [5.74, 6) is -0.760. The number of nitrogens with zero attached hydrogens (tertiary/aromatic N) is 1. The monoisotopic (exact) mass is 237 g/mol. The summed E-state index contributed by atoms with van der Waals surface area (Å²) in [6.45, 7) is 7.58. The van der Waals surface area contributed by atoms with Crippen molar-refractivity contribution in [1.29, 1.82) is 0 Å². The Labute approximate surface area is 102 Å². The van der Waals surface area contributed by atoms with Crippen molar-refractivity contribution in [3.63, 3.8) is 0 Å². The number of pyridine rings is 1. The van der Waals surface area contributed by atoms with Gasteiger partial charge in [-0.25, -0.2) is 9.78 Å². The van der Waals surface area contributed by atoms with Gasteiger partial charge in [0.1, 0.15) is 5.56 Å². The number of hydrogen-bond acceptors (Lipinski definition) is 3. The molecule has 0 saturated carbocycles. The van der Waals surface area contributed by atoms with Crippen molar-refractivity contribution in [1.82, 2.24) is 4.98 Å². The van der Waals surface area contributed by atoms with Crippen LogP contribution in [0.15, 0.2) is 6.07 Å². The van der Waals surface area contributed by atoms with E-state index in [-0.39, 0.29) is 17.5 Å². The van der Waals surface area contributed by atoms with E-state index in [4.69, 9.17) is 9.84 Å². The molecule has 0 aliphatic rings. The van der Waals surface area contributed by atoms with Gasteiger partial charge in [0.15, 0.2) is 0 Å². The van der Waals surface area contributed by atoms with E-state index < -0.39 is 5.97 Å². The topological polar surface area (TPSA) is 59.4 Å². The predicted molar refractivity (Wildman–Crippen MR) is 65.7 cm³/mol. The summed E-state index contributed by atoms with van der Waals surface area (Å²) in [5, 5.41) is 9.16. The summed E-state index contributed by atoms with van der Waals surface area (Å²) in [7, 11) is 0. The Balaban J connectivity index is 3.08. The van der Waals surface area contributed by atoms with Gasteiger partial charge in [0.25, 0.3) is 0 Å². The predicted octanol–water partition coefficient (Wildman–Crippen LogP) is 2.96. The van der Waals surface area contributed by atoms with Crippen LogP contribution >= 0.6 is 0 Å². The van der Waals surface area contributed by atoms with E-state index in [1.54, 1.807) is 13.0 Å². The van der Waals surface area contributed by atoms with Crippen LogP contribution < -0.4 is 4.74 Å². The highest BCUT2D eigenvalue weighted by molar-refractivity contribution is 5.91. The number of ether oxygens (including phenoxy) is 1. The Morgan fingerprint density at radius 2 is 2.18 bits per heavy atom. The molecule has 1 atom stereocenters. The molecule has 4 nitrogen and oxygen atoms in total. The number of hydrogen-bond donors (Lipinski definition) is 1. The number of aromatic carboxylic acids is 1. The van der Waals surface area contributed by atoms with Crippen LogP contribution in [0.4, 0.5) is 0 Å². The highest BCUT2D eigenvalue weighted by atomic mass is 16.5. The Kier molecular flexibility index (Phi) is 4.49. The van der Waals surface area contributed by atoms with Gasteiger partial charge in [0.2, 0.25) is 5.88 Å². The van der Waals surface area contributed by atoms with Gasteiger partial charge in [0.05, 0.1) is 6.10 Å². The van der Waals surface area contributed by atoms with Crippen molar-refractivity contribution < 1.29 is 14.6 Å². The summed E-state index contributed by atoms with van der Waals surface area (Å²) >= 11 is 0. The second-order valence-corrected chi connectivity index (χ2v) is 4.28. The largest absolute Gasteiger partial charge is 0.477 e. The standard InChI is InChI=1S/C13H19NO3/c1-5-6-10(4)17-12-11(13(15)16)8(2)7-9(3)14-12/h7,10H,5-6H2,1-4H3,(H,15,16). The minimum Gasteiger partial charge on any atom is -0.477 e. The molecular formula is C13H19NO3. The van der Waals surface area contributed by atoms with Crippen molar-refractivity contribution >= 4 is 5.97 Å². The molecule has 1 aromatic heterocycles. The van der Waals surface area contributed by atoms with E-state index in [0.29, 0.717) is 5.56 Å². The molecule has 1 aromatic rings. The molecule has 94 valence electrons. The van der Waals surface area contributed by atoms with Crippen LogP contribution in [-0.4, -0.2) is 22.2 Å². The lowest BCUT2D eigenvalue weighted by Gasteiger charge is -2.16. The Bertz CT molecular complexity index is 415. The summed E-state index contributed by atoms with van der Waals surface area (Å²) in [6.07, 6.45) is 1.86. The van der Waals surface area contributed by atoms with E-state index in [1.807, 2.05) is 13.8 Å². The molecule has 1 rings (SSSR count). The highest BCUT2D eigenvalue weighted by Gasteiger charge is 2.18. The quantitative estimate of drug-likeness (QED) is 0.855. The lowest BCUT2D eigenvalue weighted by Crippen LogP contribution is -2.16. The van der Waals surface area contributed by atoms with E-state index in [0.717, 1.165) is 18.5 Å². The lowest BCUT2D eigenvalue weighted by molar-refractivity contribution is 0.0687. The number of aryl methyl sites for hydroxylation is 2. The lowest BCUT2D eigenvalue weighted by atomic mass is 10.1. The van der Waals surface area contributed by atoms with Gasteiger partial charge in [-0.15, -0.1) is 0 Å². The molecule has 1 unspecified atom stereocenters. The van der Waals surface area contributed by atoms with Gasteiger partial charge < -0.3 is 9.84 Å². The minimum atomic E-state index is -0.992. The average Bonchev–Trinajstić information content (AvgIpc) is 2.15. The Morgan fingerprint density at radius 1 is 1.53 bits per heavy atom. The molecule has 1 N–H and O–H groups in total. The maximum absolute atomic E-state index is 11.2. The van der Waals surface area contributed by atoms with Gasteiger partial charge in [-0.2, -0.15) is 0 Å². The van der Waals surface area contributed by atoms with Crippen molar-refractivity contribution in [3.05, 3.63) is 22.9 Å². The van der Waals surface area contributed by atoms with Crippen LogP contribution in [0, 0.1) is 13.8 Å². The van der Waals surface area contributed by atoms with E-state index >= 15 is 0 Å². The molecule has 0 saturated heterocycles. The Hall–Kier alpha value is -1.58. The normalized spacial score (nSPS) is 12.2. The second-order valence-electron chi connectivity index (χ2n) is 4.28. The van der Waals surface area contributed by atoms with Crippen molar-refractivity contribution in [3.8, 4) is 5.88 Å². The molecule has 0 bridgehead atoms. The van der Waals surface area contributed by atoms with Gasteiger partial charge in [-0.05, 0) is 38.8 Å². The SMILES string of the molecule is CCCC(C)Oc1nc(C)cc(C)c1C(=O)O. The second kappa shape index (κ2) is 5.66. The van der Waals surface area contributed by atoms with Gasteiger partial charge >= 0.3 is 5.97 Å². The van der Waals surface area contributed by atoms with Crippen LogP contribution in [0.25, 0.3) is 0 Å². The highest BCUT2D eigenvalue weighted by Crippen LogP contribution is 2.22. The van der Waals surface area contributed by atoms with E-state index in [1.165, 1.54) is 0 Å². The zero-order valence-electron chi connectivity index (χ0n) is 10.8. The Morgan fingerprint density at radius 3 is 2.71 bits per heavy atom. The zero-order chi connectivity index (χ0) is 13.0. The smallest absolute Gasteiger partial charge is 0.341 e. The first-order chi connectivity index (χ1) is 7.95. The number of aromatic nitrogens is 1. The maximum Gasteiger partial charge on any atom is 0.341 e. The summed E-state index contributed by atoms with van der Waals surface area (Å²) < 4.78 is 5.62. The molecule has 0 aromatic carbocycles. The van der Waals surface area contributed by atoms with Crippen LogP contribution in [0.1, 0.15) is 48.3 Å². The molecule has 1 heterocycles. The van der Waals surface area contributed by atoms with E-state index in [9.17, 15) is 4.79 Å². The molecule has 0 radical (unpaired) electrons. The van der Waals surface area contributed by atoms with E-state index in [2.05, 4.69) is 11.9 Å². The summed E-state index contributed by atoms with van der Waals surface area (Å²) in [5.41, 5.74) is 1.62. The first-order valence-electron chi connectivity index (χ1n) is 5.83. The summed E-state index contributed by atoms with van der Waals surface area (Å²) in [6, 6.07) is 1.75. The molecule has 17 heavy (non-hydrogen) atoms. The van der Waals surface area contributed by atoms with Gasteiger partial charge in [0, 0.05) is 5.69 Å². The molecule has 0 aliphatic heterocycles. The van der Waals surface area contributed by atoms with Gasteiger partial charge in [-0.1, -0.05) is 13.3 Å². The zero-order valence-corrected chi connectivity index (χ0v) is 10.8. The fourth-order valence-electron chi connectivity index (χ4n) is 1.80. The third-order valence-corrected chi connectivity index (χ3v) is 2.53. The number of rotatable bonds is 5. The van der Waals surface area contributed by atoms with Crippen LogP contribution in [0.2, 0.25) is 0 Å². The molecule has 0 amide bonds. The van der Waals surface area contributed by atoms with Crippen molar-refractivity contribution in [2.45, 2.75) is 46.6 Å². The first kappa shape index (κ1) is 13.5. The maximum atomic E-state index is 11.2.